The summed E-state index contributed by atoms with van der Waals surface area (Å²) in [4.78, 5) is 12.0. The van der Waals surface area contributed by atoms with Crippen molar-refractivity contribution in [2.75, 3.05) is 20.3 Å². The van der Waals surface area contributed by atoms with Crippen LogP contribution in [0.1, 0.15) is 23.1 Å². The Morgan fingerprint density at radius 2 is 2.11 bits per heavy atom. The van der Waals surface area contributed by atoms with E-state index in [9.17, 15) is 4.79 Å². The predicted octanol–water partition coefficient (Wildman–Crippen LogP) is 1.33. The van der Waals surface area contributed by atoms with E-state index < -0.39 is 0 Å². The molecule has 0 heterocycles. The molecule has 0 aliphatic carbocycles. The number of rotatable bonds is 7. The van der Waals surface area contributed by atoms with E-state index in [0.29, 0.717) is 19.6 Å². The van der Waals surface area contributed by atoms with Gasteiger partial charge in [0.15, 0.2) is 0 Å². The molecule has 0 fully saturated rings. The summed E-state index contributed by atoms with van der Waals surface area (Å²) in [6, 6.07) is 6.10. The molecule has 1 unspecified atom stereocenters. The summed E-state index contributed by atoms with van der Waals surface area (Å²) in [5.41, 5.74) is 9.00. The number of hydrogen-bond acceptors (Lipinski definition) is 3. The number of methoxy groups -OCH3 is 1. The SMILES string of the molecule is COCC(CCN)NC(=O)Cc1ccc(C)c(C)c1. The molecule has 1 rings (SSSR count). The lowest BCUT2D eigenvalue weighted by molar-refractivity contribution is -0.121. The van der Waals surface area contributed by atoms with E-state index in [-0.39, 0.29) is 11.9 Å². The van der Waals surface area contributed by atoms with Crippen molar-refractivity contribution in [3.63, 3.8) is 0 Å². The fourth-order valence-electron chi connectivity index (χ4n) is 1.98. The van der Waals surface area contributed by atoms with Crippen LogP contribution >= 0.6 is 0 Å². The van der Waals surface area contributed by atoms with Gasteiger partial charge in [-0.1, -0.05) is 18.2 Å². The molecule has 1 amide bonds. The van der Waals surface area contributed by atoms with Gasteiger partial charge in [-0.2, -0.15) is 0 Å². The van der Waals surface area contributed by atoms with Crippen LogP contribution in [0.4, 0.5) is 0 Å². The van der Waals surface area contributed by atoms with Gasteiger partial charge in [0, 0.05) is 7.11 Å². The third-order valence-electron chi connectivity index (χ3n) is 3.18. The van der Waals surface area contributed by atoms with Crippen LogP contribution in [-0.2, 0) is 16.0 Å². The Hall–Kier alpha value is -1.39. The number of carbonyl (C=O) groups excluding carboxylic acids is 1. The van der Waals surface area contributed by atoms with E-state index in [1.807, 2.05) is 12.1 Å². The number of amides is 1. The number of nitrogens with two attached hydrogens (primary N) is 1. The molecule has 0 aliphatic rings. The molecule has 4 heteroatoms. The van der Waals surface area contributed by atoms with Crippen LogP contribution in [0.3, 0.4) is 0 Å². The van der Waals surface area contributed by atoms with Gasteiger partial charge in [0.05, 0.1) is 19.1 Å². The molecule has 0 aromatic heterocycles. The van der Waals surface area contributed by atoms with Gasteiger partial charge in [-0.05, 0) is 43.5 Å². The minimum Gasteiger partial charge on any atom is -0.383 e. The third-order valence-corrected chi connectivity index (χ3v) is 3.18. The van der Waals surface area contributed by atoms with Crippen molar-refractivity contribution in [3.8, 4) is 0 Å². The van der Waals surface area contributed by atoms with E-state index in [1.54, 1.807) is 7.11 Å². The quantitative estimate of drug-likeness (QED) is 0.781. The second-order valence-corrected chi connectivity index (χ2v) is 4.89. The van der Waals surface area contributed by atoms with Gasteiger partial charge in [0.2, 0.25) is 5.91 Å². The normalized spacial score (nSPS) is 12.2. The van der Waals surface area contributed by atoms with Crippen molar-refractivity contribution in [2.24, 2.45) is 5.73 Å². The van der Waals surface area contributed by atoms with E-state index in [1.165, 1.54) is 11.1 Å². The summed E-state index contributed by atoms with van der Waals surface area (Å²) >= 11 is 0. The smallest absolute Gasteiger partial charge is 0.224 e. The maximum Gasteiger partial charge on any atom is 0.224 e. The lowest BCUT2D eigenvalue weighted by Crippen LogP contribution is -2.40. The Kier molecular flexibility index (Phi) is 6.53. The van der Waals surface area contributed by atoms with Crippen molar-refractivity contribution in [3.05, 3.63) is 34.9 Å². The lowest BCUT2D eigenvalue weighted by Gasteiger charge is -2.17. The zero-order valence-corrected chi connectivity index (χ0v) is 12.0. The van der Waals surface area contributed by atoms with E-state index in [0.717, 1.165) is 12.0 Å². The first-order valence-corrected chi connectivity index (χ1v) is 6.61. The number of aryl methyl sites for hydroxylation is 2. The third kappa shape index (κ3) is 5.41. The van der Waals surface area contributed by atoms with Crippen molar-refractivity contribution in [1.29, 1.82) is 0 Å². The Morgan fingerprint density at radius 1 is 1.37 bits per heavy atom. The van der Waals surface area contributed by atoms with Crippen molar-refractivity contribution in [1.82, 2.24) is 5.32 Å². The van der Waals surface area contributed by atoms with E-state index >= 15 is 0 Å². The molecule has 3 N–H and O–H groups in total. The molecule has 1 aromatic carbocycles. The first-order valence-electron chi connectivity index (χ1n) is 6.61. The van der Waals surface area contributed by atoms with Crippen LogP contribution in [-0.4, -0.2) is 32.2 Å². The molecule has 4 nitrogen and oxygen atoms in total. The summed E-state index contributed by atoms with van der Waals surface area (Å²) in [6.45, 7) is 5.15. The molecule has 0 bridgehead atoms. The molecule has 0 radical (unpaired) electrons. The van der Waals surface area contributed by atoms with Crippen molar-refractivity contribution < 1.29 is 9.53 Å². The predicted molar refractivity (Wildman–Crippen MR) is 77.1 cm³/mol. The lowest BCUT2D eigenvalue weighted by atomic mass is 10.0. The van der Waals surface area contributed by atoms with Gasteiger partial charge < -0.3 is 15.8 Å². The second kappa shape index (κ2) is 7.92. The summed E-state index contributed by atoms with van der Waals surface area (Å²) in [7, 11) is 1.62. The molecular formula is C15H24N2O2. The number of ether oxygens (including phenoxy) is 1. The Bertz CT molecular complexity index is 413. The minimum atomic E-state index is -0.00551. The Balaban J connectivity index is 2.55. The maximum atomic E-state index is 12.0. The van der Waals surface area contributed by atoms with Crippen LogP contribution in [0.25, 0.3) is 0 Å². The second-order valence-electron chi connectivity index (χ2n) is 4.89. The van der Waals surface area contributed by atoms with Crippen LogP contribution < -0.4 is 11.1 Å². The van der Waals surface area contributed by atoms with Crippen LogP contribution in [0.5, 0.6) is 0 Å². The van der Waals surface area contributed by atoms with Gasteiger partial charge in [0.1, 0.15) is 0 Å². The molecule has 0 saturated carbocycles. The number of carbonyl (C=O) groups is 1. The monoisotopic (exact) mass is 264 g/mol. The van der Waals surface area contributed by atoms with Gasteiger partial charge >= 0.3 is 0 Å². The topological polar surface area (TPSA) is 64.3 Å². The molecule has 1 atom stereocenters. The van der Waals surface area contributed by atoms with Crippen LogP contribution in [0.15, 0.2) is 18.2 Å². The molecular weight excluding hydrogens is 240 g/mol. The van der Waals surface area contributed by atoms with Crippen LogP contribution in [0.2, 0.25) is 0 Å². The highest BCUT2D eigenvalue weighted by atomic mass is 16.5. The largest absolute Gasteiger partial charge is 0.383 e. The van der Waals surface area contributed by atoms with Gasteiger partial charge in [-0.15, -0.1) is 0 Å². The highest BCUT2D eigenvalue weighted by Crippen LogP contribution is 2.10. The molecule has 0 spiro atoms. The molecule has 0 saturated heterocycles. The average Bonchev–Trinajstić information content (AvgIpc) is 2.34. The minimum absolute atomic E-state index is 0.00551. The summed E-state index contributed by atoms with van der Waals surface area (Å²) in [6.07, 6.45) is 1.12. The first kappa shape index (κ1) is 15.7. The number of hydrogen-bond donors (Lipinski definition) is 2. The zero-order valence-electron chi connectivity index (χ0n) is 12.0. The summed E-state index contributed by atoms with van der Waals surface area (Å²) in [5.74, 6) is 0.0127. The average molecular weight is 264 g/mol. The number of benzene rings is 1. The maximum absolute atomic E-state index is 12.0. The number of nitrogens with one attached hydrogen (secondary N) is 1. The van der Waals surface area contributed by atoms with Crippen molar-refractivity contribution in [2.45, 2.75) is 32.7 Å². The Morgan fingerprint density at radius 3 is 2.68 bits per heavy atom. The fourth-order valence-corrected chi connectivity index (χ4v) is 1.98. The highest BCUT2D eigenvalue weighted by Gasteiger charge is 2.12. The highest BCUT2D eigenvalue weighted by molar-refractivity contribution is 5.78. The standard InChI is InChI=1S/C15H24N2O2/c1-11-4-5-13(8-12(11)2)9-15(18)17-14(6-7-16)10-19-3/h4-5,8,14H,6-7,9-10,16H2,1-3H3,(H,17,18). The van der Waals surface area contributed by atoms with E-state index in [2.05, 4.69) is 25.2 Å². The molecule has 19 heavy (non-hydrogen) atoms. The Labute approximate surface area is 115 Å². The first-order chi connectivity index (χ1) is 9.06. The summed E-state index contributed by atoms with van der Waals surface area (Å²) < 4.78 is 5.07. The summed E-state index contributed by atoms with van der Waals surface area (Å²) in [5, 5.41) is 2.96. The molecule has 0 aliphatic heterocycles. The van der Waals surface area contributed by atoms with Crippen molar-refractivity contribution >= 4 is 5.91 Å². The van der Waals surface area contributed by atoms with Crippen LogP contribution in [0, 0.1) is 13.8 Å². The zero-order chi connectivity index (χ0) is 14.3. The van der Waals surface area contributed by atoms with Gasteiger partial charge in [-0.3, -0.25) is 4.79 Å². The molecule has 106 valence electrons. The van der Waals surface area contributed by atoms with Gasteiger partial charge in [-0.25, -0.2) is 0 Å². The molecule has 1 aromatic rings. The van der Waals surface area contributed by atoms with Gasteiger partial charge in [0.25, 0.3) is 0 Å². The van der Waals surface area contributed by atoms with E-state index in [4.69, 9.17) is 10.5 Å². The fraction of sp³-hybridized carbons (Fsp3) is 0.533.